The lowest BCUT2D eigenvalue weighted by atomic mass is 9.97. The zero-order valence-corrected chi connectivity index (χ0v) is 16.1. The number of aromatic nitrogens is 1. The number of anilines is 1. The maximum Gasteiger partial charge on any atom is 0.322 e. The molecule has 150 valence electrons. The van der Waals surface area contributed by atoms with Crippen molar-refractivity contribution in [3.05, 3.63) is 28.4 Å². The third-order valence-corrected chi connectivity index (χ3v) is 4.89. The van der Waals surface area contributed by atoms with Gasteiger partial charge in [0.25, 0.3) is 0 Å². The molecule has 28 heavy (non-hydrogen) atoms. The maximum atomic E-state index is 12.2. The van der Waals surface area contributed by atoms with Crippen LogP contribution in [0.5, 0.6) is 11.5 Å². The fourth-order valence-electron chi connectivity index (χ4n) is 3.65. The normalized spacial score (nSPS) is 16.7. The number of fused-ring (bicyclic) bond motifs is 1. The van der Waals surface area contributed by atoms with Crippen molar-refractivity contribution < 1.29 is 23.9 Å². The summed E-state index contributed by atoms with van der Waals surface area (Å²) in [6.45, 7) is 3.27. The van der Waals surface area contributed by atoms with Gasteiger partial charge in [0.1, 0.15) is 5.82 Å². The standard InChI is InChI=1S/C19H23N3O6/c1-4-28-19(23)12-6-5-9-21(11-12)18-14-10-15(26-2)17(27-3)16(22(24)25)13(14)7-8-20-18/h7-8,10,12H,4-6,9,11H2,1-3H3. The van der Waals surface area contributed by atoms with Gasteiger partial charge in [-0.15, -0.1) is 0 Å². The van der Waals surface area contributed by atoms with E-state index in [2.05, 4.69) is 4.98 Å². The van der Waals surface area contributed by atoms with Gasteiger partial charge in [0.15, 0.2) is 5.75 Å². The molecule has 1 unspecified atom stereocenters. The fraction of sp³-hybridized carbons (Fsp3) is 0.474. The summed E-state index contributed by atoms with van der Waals surface area (Å²) in [7, 11) is 2.80. The fourth-order valence-corrected chi connectivity index (χ4v) is 3.65. The molecule has 1 aliphatic heterocycles. The third kappa shape index (κ3) is 3.51. The first kappa shape index (κ1) is 19.7. The van der Waals surface area contributed by atoms with Gasteiger partial charge in [0.2, 0.25) is 5.75 Å². The molecule has 3 rings (SSSR count). The number of nitrogens with zero attached hydrogens (tertiary/aromatic N) is 3. The molecule has 0 N–H and O–H groups in total. The number of nitro groups is 1. The summed E-state index contributed by atoms with van der Waals surface area (Å²) in [6.07, 6.45) is 3.08. The molecule has 1 saturated heterocycles. The van der Waals surface area contributed by atoms with Crippen LogP contribution < -0.4 is 14.4 Å². The van der Waals surface area contributed by atoms with E-state index >= 15 is 0 Å². The second-order valence-electron chi connectivity index (χ2n) is 6.48. The molecule has 0 amide bonds. The van der Waals surface area contributed by atoms with Crippen molar-refractivity contribution in [3.63, 3.8) is 0 Å². The molecule has 1 aliphatic rings. The molecule has 1 fully saturated rings. The van der Waals surface area contributed by atoms with Crippen LogP contribution >= 0.6 is 0 Å². The number of carbonyl (C=O) groups excluding carboxylic acids is 1. The first-order chi connectivity index (χ1) is 13.5. The zero-order valence-electron chi connectivity index (χ0n) is 16.1. The second-order valence-corrected chi connectivity index (χ2v) is 6.48. The summed E-state index contributed by atoms with van der Waals surface area (Å²) >= 11 is 0. The van der Waals surface area contributed by atoms with E-state index in [-0.39, 0.29) is 29.1 Å². The van der Waals surface area contributed by atoms with E-state index in [1.165, 1.54) is 20.4 Å². The van der Waals surface area contributed by atoms with Gasteiger partial charge in [0.05, 0.1) is 37.1 Å². The molecule has 0 aliphatic carbocycles. The first-order valence-corrected chi connectivity index (χ1v) is 9.11. The number of methoxy groups -OCH3 is 2. The number of piperidine rings is 1. The van der Waals surface area contributed by atoms with E-state index in [1.54, 1.807) is 19.1 Å². The molecule has 1 aromatic heterocycles. The molecule has 2 aromatic rings. The zero-order chi connectivity index (χ0) is 20.3. The molecule has 9 heteroatoms. The lowest BCUT2D eigenvalue weighted by Crippen LogP contribution is -2.40. The van der Waals surface area contributed by atoms with Crippen LogP contribution in [0.2, 0.25) is 0 Å². The smallest absolute Gasteiger partial charge is 0.322 e. The van der Waals surface area contributed by atoms with Gasteiger partial charge in [-0.05, 0) is 31.9 Å². The van der Waals surface area contributed by atoms with Crippen LogP contribution in [0.4, 0.5) is 11.5 Å². The van der Waals surface area contributed by atoms with Crippen molar-refractivity contribution >= 4 is 28.2 Å². The highest BCUT2D eigenvalue weighted by atomic mass is 16.6. The number of carbonyl (C=O) groups is 1. The summed E-state index contributed by atoms with van der Waals surface area (Å²) in [4.78, 5) is 29.9. The quantitative estimate of drug-likeness (QED) is 0.422. The summed E-state index contributed by atoms with van der Waals surface area (Å²) < 4.78 is 15.7. The topological polar surface area (TPSA) is 104 Å². The highest BCUT2D eigenvalue weighted by Gasteiger charge is 2.31. The number of pyridine rings is 1. The minimum absolute atomic E-state index is 0.0696. The van der Waals surface area contributed by atoms with Crippen molar-refractivity contribution in [2.45, 2.75) is 19.8 Å². The Morgan fingerprint density at radius 2 is 2.14 bits per heavy atom. The van der Waals surface area contributed by atoms with Crippen LogP contribution in [-0.2, 0) is 9.53 Å². The molecule has 0 bridgehead atoms. The lowest BCUT2D eigenvalue weighted by Gasteiger charge is -2.33. The van der Waals surface area contributed by atoms with Gasteiger partial charge in [0, 0.05) is 24.7 Å². The molecule has 1 aromatic carbocycles. The second kappa shape index (κ2) is 8.28. The summed E-state index contributed by atoms with van der Waals surface area (Å²) in [5.74, 6) is 0.434. The molecule has 0 saturated carbocycles. The van der Waals surface area contributed by atoms with Gasteiger partial charge < -0.3 is 19.1 Å². The van der Waals surface area contributed by atoms with Crippen molar-refractivity contribution in [2.24, 2.45) is 5.92 Å². The Hall–Kier alpha value is -3.10. The molecule has 1 atom stereocenters. The highest BCUT2D eigenvalue weighted by Crippen LogP contribution is 2.45. The van der Waals surface area contributed by atoms with Crippen LogP contribution in [0.1, 0.15) is 19.8 Å². The Balaban J connectivity index is 2.11. The molecule has 0 radical (unpaired) electrons. The summed E-state index contributed by atoms with van der Waals surface area (Å²) in [5, 5.41) is 12.7. The number of benzene rings is 1. The van der Waals surface area contributed by atoms with E-state index in [4.69, 9.17) is 14.2 Å². The Labute approximate surface area is 162 Å². The van der Waals surface area contributed by atoms with Crippen LogP contribution in [0.15, 0.2) is 18.3 Å². The Kier molecular flexibility index (Phi) is 5.81. The Morgan fingerprint density at radius 1 is 1.36 bits per heavy atom. The van der Waals surface area contributed by atoms with Crippen LogP contribution in [0.25, 0.3) is 10.8 Å². The highest BCUT2D eigenvalue weighted by molar-refractivity contribution is 6.01. The van der Waals surface area contributed by atoms with Gasteiger partial charge in [-0.25, -0.2) is 4.98 Å². The Morgan fingerprint density at radius 3 is 2.79 bits per heavy atom. The molecule has 0 spiro atoms. The van der Waals surface area contributed by atoms with E-state index in [1.807, 2.05) is 4.90 Å². The van der Waals surface area contributed by atoms with Crippen LogP contribution in [0, 0.1) is 16.0 Å². The molecule has 2 heterocycles. The maximum absolute atomic E-state index is 12.2. The average molecular weight is 389 g/mol. The summed E-state index contributed by atoms with van der Waals surface area (Å²) in [5.41, 5.74) is -0.167. The van der Waals surface area contributed by atoms with Crippen molar-refractivity contribution in [3.8, 4) is 11.5 Å². The van der Waals surface area contributed by atoms with Crippen molar-refractivity contribution in [2.75, 3.05) is 38.8 Å². The van der Waals surface area contributed by atoms with Crippen LogP contribution in [0.3, 0.4) is 0 Å². The van der Waals surface area contributed by atoms with Crippen LogP contribution in [-0.4, -0.2) is 49.8 Å². The molecular weight excluding hydrogens is 366 g/mol. The first-order valence-electron chi connectivity index (χ1n) is 9.11. The number of nitro benzene ring substituents is 1. The van der Waals surface area contributed by atoms with Gasteiger partial charge in [-0.1, -0.05) is 0 Å². The average Bonchev–Trinajstić information content (AvgIpc) is 2.71. The van der Waals surface area contributed by atoms with Crippen molar-refractivity contribution in [1.82, 2.24) is 4.98 Å². The minimum Gasteiger partial charge on any atom is -0.493 e. The van der Waals surface area contributed by atoms with E-state index < -0.39 is 4.92 Å². The number of ether oxygens (including phenoxy) is 3. The van der Waals surface area contributed by atoms with Gasteiger partial charge >= 0.3 is 11.7 Å². The van der Waals surface area contributed by atoms with E-state index in [9.17, 15) is 14.9 Å². The molecule has 9 nitrogen and oxygen atoms in total. The predicted octanol–water partition coefficient (Wildman–Crippen LogP) is 2.94. The monoisotopic (exact) mass is 389 g/mol. The number of hydrogen-bond donors (Lipinski definition) is 0. The van der Waals surface area contributed by atoms with Gasteiger partial charge in [-0.2, -0.15) is 0 Å². The van der Waals surface area contributed by atoms with Gasteiger partial charge in [-0.3, -0.25) is 14.9 Å². The SMILES string of the molecule is CCOC(=O)C1CCCN(c2nccc3c([N+](=O)[O-])c(OC)c(OC)cc23)C1. The lowest BCUT2D eigenvalue weighted by molar-refractivity contribution is -0.384. The number of esters is 1. The minimum atomic E-state index is -0.481. The number of rotatable bonds is 6. The Bertz CT molecular complexity index is 901. The van der Waals surface area contributed by atoms with E-state index in [0.717, 1.165) is 12.8 Å². The predicted molar refractivity (Wildman–Crippen MR) is 103 cm³/mol. The summed E-state index contributed by atoms with van der Waals surface area (Å²) in [6, 6.07) is 3.28. The van der Waals surface area contributed by atoms with E-state index in [0.29, 0.717) is 36.3 Å². The molecular formula is C19H23N3O6. The largest absolute Gasteiger partial charge is 0.493 e. The number of hydrogen-bond acceptors (Lipinski definition) is 8. The van der Waals surface area contributed by atoms with Crippen molar-refractivity contribution in [1.29, 1.82) is 0 Å². The third-order valence-electron chi connectivity index (χ3n) is 4.89.